The van der Waals surface area contributed by atoms with Crippen LogP contribution in [0, 0.1) is 10.1 Å². The van der Waals surface area contributed by atoms with Crippen molar-refractivity contribution in [1.29, 1.82) is 0 Å². The smallest absolute Gasteiger partial charge is 0.346 e. The zero-order chi connectivity index (χ0) is 15.9. The Morgan fingerprint density at radius 3 is 2.36 bits per heavy atom. The minimum atomic E-state index is -0.811. The molecule has 0 saturated heterocycles. The predicted octanol–water partition coefficient (Wildman–Crippen LogP) is 2.14. The van der Waals surface area contributed by atoms with Gasteiger partial charge in [-0.3, -0.25) is 14.9 Å². The van der Waals surface area contributed by atoms with Crippen molar-refractivity contribution in [3.63, 3.8) is 0 Å². The number of ketones is 1. The highest BCUT2D eigenvalue weighted by atomic mass is 16.6. The molecule has 108 valence electrons. The van der Waals surface area contributed by atoms with Crippen LogP contribution in [0.25, 0.3) is 0 Å². The minimum Gasteiger partial charge on any atom is -0.386 e. The third-order valence-electron chi connectivity index (χ3n) is 3.23. The number of hydrogen-bond acceptors (Lipinski definition) is 6. The molecule has 0 N–H and O–H groups in total. The van der Waals surface area contributed by atoms with Crippen molar-refractivity contribution in [2.24, 2.45) is 0 Å². The molecule has 0 radical (unpaired) electrons. The molecule has 7 nitrogen and oxygen atoms in total. The Balaban J connectivity index is 2.02. The number of nitrogens with zero attached hydrogens (tertiary/aromatic N) is 1. The second-order valence-corrected chi connectivity index (χ2v) is 4.57. The number of carbonyl (C=O) groups excluding carboxylic acids is 3. The molecular formula is C15H7NO6. The Kier molecular flexibility index (Phi) is 3.03. The van der Waals surface area contributed by atoms with Crippen molar-refractivity contribution in [3.8, 4) is 0 Å². The van der Waals surface area contributed by atoms with E-state index in [-0.39, 0.29) is 27.9 Å². The molecular weight excluding hydrogens is 290 g/mol. The Morgan fingerprint density at radius 2 is 1.64 bits per heavy atom. The summed E-state index contributed by atoms with van der Waals surface area (Å²) in [6.45, 7) is 0. The van der Waals surface area contributed by atoms with E-state index in [0.717, 1.165) is 6.07 Å². The fourth-order valence-electron chi connectivity index (χ4n) is 2.15. The number of non-ortho nitro benzene ring substituents is 1. The van der Waals surface area contributed by atoms with Crippen LogP contribution in [0.1, 0.15) is 36.6 Å². The first-order chi connectivity index (χ1) is 10.5. The molecule has 0 spiro atoms. The van der Waals surface area contributed by atoms with Gasteiger partial charge in [0.1, 0.15) is 0 Å². The third kappa shape index (κ3) is 2.14. The van der Waals surface area contributed by atoms with Crippen LogP contribution in [0.3, 0.4) is 0 Å². The number of benzene rings is 2. The highest BCUT2D eigenvalue weighted by Gasteiger charge is 2.30. The van der Waals surface area contributed by atoms with E-state index in [2.05, 4.69) is 4.74 Å². The van der Waals surface area contributed by atoms with Gasteiger partial charge in [-0.05, 0) is 12.1 Å². The number of cyclic esters (lactones) is 2. The van der Waals surface area contributed by atoms with E-state index >= 15 is 0 Å². The van der Waals surface area contributed by atoms with Gasteiger partial charge in [-0.25, -0.2) is 9.59 Å². The number of nitro benzene ring substituents is 1. The van der Waals surface area contributed by atoms with Gasteiger partial charge in [0.25, 0.3) is 5.69 Å². The SMILES string of the molecule is O=C(c1cccc([N+](=O)[O-])c1)c1ccc2c(c1)C(=O)OC2=O. The fraction of sp³-hybridized carbons (Fsp3) is 0. The van der Waals surface area contributed by atoms with Gasteiger partial charge in [-0.1, -0.05) is 18.2 Å². The quantitative estimate of drug-likeness (QED) is 0.282. The van der Waals surface area contributed by atoms with Gasteiger partial charge in [0, 0.05) is 23.3 Å². The molecule has 1 aliphatic heterocycles. The molecule has 0 saturated carbocycles. The molecule has 0 aliphatic carbocycles. The van der Waals surface area contributed by atoms with Gasteiger partial charge in [0.05, 0.1) is 16.1 Å². The molecule has 0 bridgehead atoms. The van der Waals surface area contributed by atoms with Gasteiger partial charge in [-0.15, -0.1) is 0 Å². The van der Waals surface area contributed by atoms with Crippen LogP contribution in [0.4, 0.5) is 5.69 Å². The number of carbonyl (C=O) groups is 3. The minimum absolute atomic E-state index is 0.0151. The molecule has 0 fully saturated rings. The fourth-order valence-corrected chi connectivity index (χ4v) is 2.15. The number of esters is 2. The maximum Gasteiger partial charge on any atom is 0.346 e. The topological polar surface area (TPSA) is 104 Å². The largest absolute Gasteiger partial charge is 0.386 e. The first-order valence-electron chi connectivity index (χ1n) is 6.17. The number of rotatable bonds is 3. The highest BCUT2D eigenvalue weighted by Crippen LogP contribution is 2.23. The monoisotopic (exact) mass is 297 g/mol. The van der Waals surface area contributed by atoms with Crippen LogP contribution in [-0.4, -0.2) is 22.6 Å². The maximum absolute atomic E-state index is 12.3. The second kappa shape index (κ2) is 4.88. The summed E-state index contributed by atoms with van der Waals surface area (Å²) in [7, 11) is 0. The van der Waals surface area contributed by atoms with Gasteiger partial charge in [0.15, 0.2) is 5.78 Å². The third-order valence-corrected chi connectivity index (χ3v) is 3.23. The lowest BCUT2D eigenvalue weighted by atomic mass is 9.99. The summed E-state index contributed by atoms with van der Waals surface area (Å²) in [5, 5.41) is 10.7. The van der Waals surface area contributed by atoms with E-state index in [1.165, 1.54) is 36.4 Å². The molecule has 1 heterocycles. The average molecular weight is 297 g/mol. The number of ether oxygens (including phenoxy) is 1. The van der Waals surface area contributed by atoms with Gasteiger partial charge < -0.3 is 4.74 Å². The lowest BCUT2D eigenvalue weighted by Gasteiger charge is -2.02. The van der Waals surface area contributed by atoms with E-state index in [1.807, 2.05) is 0 Å². The van der Waals surface area contributed by atoms with E-state index < -0.39 is 22.6 Å². The van der Waals surface area contributed by atoms with Gasteiger partial charge >= 0.3 is 11.9 Å². The van der Waals surface area contributed by atoms with Crippen molar-refractivity contribution in [1.82, 2.24) is 0 Å². The molecule has 0 unspecified atom stereocenters. The molecule has 0 aromatic heterocycles. The van der Waals surface area contributed by atoms with Crippen molar-refractivity contribution in [2.75, 3.05) is 0 Å². The van der Waals surface area contributed by atoms with Crippen LogP contribution < -0.4 is 0 Å². The Bertz CT molecular complexity index is 855. The average Bonchev–Trinajstić information content (AvgIpc) is 2.81. The molecule has 3 rings (SSSR count). The Labute approximate surface area is 123 Å². The summed E-state index contributed by atoms with van der Waals surface area (Å²) in [6, 6.07) is 9.22. The molecule has 7 heteroatoms. The maximum atomic E-state index is 12.3. The van der Waals surface area contributed by atoms with E-state index in [1.54, 1.807) is 0 Å². The zero-order valence-electron chi connectivity index (χ0n) is 10.9. The highest BCUT2D eigenvalue weighted by molar-refractivity contribution is 6.17. The lowest BCUT2D eigenvalue weighted by molar-refractivity contribution is -0.384. The predicted molar refractivity (Wildman–Crippen MR) is 72.7 cm³/mol. The van der Waals surface area contributed by atoms with Crippen LogP contribution in [0.15, 0.2) is 42.5 Å². The van der Waals surface area contributed by atoms with Gasteiger partial charge in [0.2, 0.25) is 0 Å². The van der Waals surface area contributed by atoms with Crippen LogP contribution in [0.2, 0.25) is 0 Å². The van der Waals surface area contributed by atoms with Crippen molar-refractivity contribution >= 4 is 23.4 Å². The van der Waals surface area contributed by atoms with Crippen molar-refractivity contribution < 1.29 is 24.0 Å². The normalized spacial score (nSPS) is 12.7. The summed E-state index contributed by atoms with van der Waals surface area (Å²) in [4.78, 5) is 45.3. The van der Waals surface area contributed by atoms with E-state index in [9.17, 15) is 24.5 Å². The van der Waals surface area contributed by atoms with Crippen LogP contribution in [0.5, 0.6) is 0 Å². The number of nitro groups is 1. The van der Waals surface area contributed by atoms with Gasteiger partial charge in [-0.2, -0.15) is 0 Å². The number of hydrogen-bond donors (Lipinski definition) is 0. The summed E-state index contributed by atoms with van der Waals surface area (Å²) in [6.07, 6.45) is 0. The van der Waals surface area contributed by atoms with Crippen molar-refractivity contribution in [3.05, 3.63) is 74.8 Å². The summed E-state index contributed by atoms with van der Waals surface area (Å²) < 4.78 is 4.44. The molecule has 2 aromatic rings. The van der Waals surface area contributed by atoms with Crippen molar-refractivity contribution in [2.45, 2.75) is 0 Å². The Hall–Kier alpha value is -3.35. The summed E-state index contributed by atoms with van der Waals surface area (Å²) in [5.74, 6) is -2.05. The second-order valence-electron chi connectivity index (χ2n) is 4.57. The summed E-state index contributed by atoms with van der Waals surface area (Å²) in [5.41, 5.74) is 0.168. The molecule has 0 atom stereocenters. The first-order valence-corrected chi connectivity index (χ1v) is 6.17. The standard InChI is InChI=1S/C15H7NO6/c17-13(8-2-1-3-10(6-8)16(20)21)9-4-5-11-12(7-9)15(19)22-14(11)18/h1-7H. The molecule has 0 amide bonds. The molecule has 2 aromatic carbocycles. The zero-order valence-corrected chi connectivity index (χ0v) is 10.9. The van der Waals surface area contributed by atoms with Crippen LogP contribution in [-0.2, 0) is 4.74 Å². The van der Waals surface area contributed by atoms with Crippen LogP contribution >= 0.6 is 0 Å². The molecule has 1 aliphatic rings. The number of fused-ring (bicyclic) bond motifs is 1. The first kappa shape index (κ1) is 13.6. The summed E-state index contributed by atoms with van der Waals surface area (Å²) >= 11 is 0. The molecule has 22 heavy (non-hydrogen) atoms. The van der Waals surface area contributed by atoms with E-state index in [0.29, 0.717) is 0 Å². The Morgan fingerprint density at radius 1 is 0.955 bits per heavy atom. The lowest BCUT2D eigenvalue weighted by Crippen LogP contribution is -2.04. The van der Waals surface area contributed by atoms with E-state index in [4.69, 9.17) is 0 Å².